The highest BCUT2D eigenvalue weighted by Gasteiger charge is 2.23. The topological polar surface area (TPSA) is 51.2 Å². The predicted octanol–water partition coefficient (Wildman–Crippen LogP) is 3.35. The monoisotopic (exact) mass is 280 g/mol. The molecule has 0 N–H and O–H groups in total. The molecule has 2 aromatic rings. The van der Waals surface area contributed by atoms with Gasteiger partial charge in [-0.15, -0.1) is 0 Å². The molecule has 0 aliphatic rings. The SMILES string of the molecule is O=CCC(CC(=O)c1ccccc1)C(=O)c1ccccc1. The maximum absolute atomic E-state index is 12.4. The zero-order valence-electron chi connectivity index (χ0n) is 11.6. The highest BCUT2D eigenvalue weighted by Crippen LogP contribution is 2.18. The first-order valence-electron chi connectivity index (χ1n) is 6.83. The fraction of sp³-hybridized carbons (Fsp3) is 0.167. The van der Waals surface area contributed by atoms with Crippen LogP contribution in [0.1, 0.15) is 33.6 Å². The second kappa shape index (κ2) is 7.29. The van der Waals surface area contributed by atoms with Crippen molar-refractivity contribution in [2.75, 3.05) is 0 Å². The molecule has 0 spiro atoms. The first kappa shape index (κ1) is 14.9. The quantitative estimate of drug-likeness (QED) is 0.577. The van der Waals surface area contributed by atoms with Crippen LogP contribution in [0.2, 0.25) is 0 Å². The zero-order valence-corrected chi connectivity index (χ0v) is 11.6. The lowest BCUT2D eigenvalue weighted by Crippen LogP contribution is -2.19. The molecule has 106 valence electrons. The summed E-state index contributed by atoms with van der Waals surface area (Å²) in [5.74, 6) is -0.878. The molecule has 0 radical (unpaired) electrons. The van der Waals surface area contributed by atoms with E-state index in [1.165, 1.54) is 0 Å². The number of hydrogen-bond donors (Lipinski definition) is 0. The molecule has 2 rings (SSSR count). The van der Waals surface area contributed by atoms with Crippen molar-refractivity contribution in [2.45, 2.75) is 12.8 Å². The molecule has 1 unspecified atom stereocenters. The number of aldehydes is 1. The van der Waals surface area contributed by atoms with Crippen molar-refractivity contribution in [1.82, 2.24) is 0 Å². The number of rotatable bonds is 7. The summed E-state index contributed by atoms with van der Waals surface area (Å²) < 4.78 is 0. The van der Waals surface area contributed by atoms with E-state index in [0.29, 0.717) is 17.4 Å². The normalized spacial score (nSPS) is 11.6. The molecule has 0 bridgehead atoms. The van der Waals surface area contributed by atoms with Gasteiger partial charge in [0.2, 0.25) is 0 Å². The van der Waals surface area contributed by atoms with Gasteiger partial charge in [-0.1, -0.05) is 60.7 Å². The van der Waals surface area contributed by atoms with E-state index in [2.05, 4.69) is 0 Å². The van der Waals surface area contributed by atoms with Gasteiger partial charge in [0.25, 0.3) is 0 Å². The van der Waals surface area contributed by atoms with E-state index in [-0.39, 0.29) is 24.4 Å². The van der Waals surface area contributed by atoms with Crippen LogP contribution in [0.25, 0.3) is 0 Å². The Morgan fingerprint density at radius 1 is 0.857 bits per heavy atom. The molecule has 3 nitrogen and oxygen atoms in total. The molecule has 3 heteroatoms. The van der Waals surface area contributed by atoms with Gasteiger partial charge in [-0.2, -0.15) is 0 Å². The van der Waals surface area contributed by atoms with Crippen molar-refractivity contribution in [1.29, 1.82) is 0 Å². The minimum atomic E-state index is -0.599. The first-order valence-corrected chi connectivity index (χ1v) is 6.83. The summed E-state index contributed by atoms with van der Waals surface area (Å²) in [7, 11) is 0. The Labute approximate surface area is 123 Å². The summed E-state index contributed by atoms with van der Waals surface area (Å²) >= 11 is 0. The Kier molecular flexibility index (Phi) is 5.16. The van der Waals surface area contributed by atoms with Crippen molar-refractivity contribution in [2.24, 2.45) is 5.92 Å². The van der Waals surface area contributed by atoms with Crippen molar-refractivity contribution in [3.05, 3.63) is 71.8 Å². The van der Waals surface area contributed by atoms with Crippen LogP contribution >= 0.6 is 0 Å². The summed E-state index contributed by atoms with van der Waals surface area (Å²) in [4.78, 5) is 35.4. The number of benzene rings is 2. The molecular formula is C18H16O3. The lowest BCUT2D eigenvalue weighted by atomic mass is 9.89. The lowest BCUT2D eigenvalue weighted by Gasteiger charge is -2.12. The van der Waals surface area contributed by atoms with Crippen LogP contribution in [0.5, 0.6) is 0 Å². The summed E-state index contributed by atoms with van der Waals surface area (Å²) in [6.45, 7) is 0. The van der Waals surface area contributed by atoms with Gasteiger partial charge in [0, 0.05) is 29.9 Å². The summed E-state index contributed by atoms with van der Waals surface area (Å²) in [6, 6.07) is 17.6. The number of carbonyl (C=O) groups excluding carboxylic acids is 3. The van der Waals surface area contributed by atoms with E-state index in [1.807, 2.05) is 12.1 Å². The third-order valence-corrected chi connectivity index (χ3v) is 3.34. The van der Waals surface area contributed by atoms with E-state index in [9.17, 15) is 14.4 Å². The summed E-state index contributed by atoms with van der Waals surface area (Å²) in [6.07, 6.45) is 0.812. The minimum Gasteiger partial charge on any atom is -0.303 e. The second-order valence-corrected chi connectivity index (χ2v) is 4.82. The van der Waals surface area contributed by atoms with Gasteiger partial charge in [0.1, 0.15) is 6.29 Å². The van der Waals surface area contributed by atoms with Gasteiger partial charge < -0.3 is 4.79 Å². The fourth-order valence-electron chi connectivity index (χ4n) is 2.20. The van der Waals surface area contributed by atoms with Gasteiger partial charge >= 0.3 is 0 Å². The van der Waals surface area contributed by atoms with Crippen molar-refractivity contribution in [3.8, 4) is 0 Å². The van der Waals surface area contributed by atoms with Gasteiger partial charge in [-0.05, 0) is 0 Å². The Morgan fingerprint density at radius 3 is 1.90 bits per heavy atom. The first-order chi connectivity index (χ1) is 10.2. The molecule has 21 heavy (non-hydrogen) atoms. The largest absolute Gasteiger partial charge is 0.303 e. The maximum Gasteiger partial charge on any atom is 0.166 e. The van der Waals surface area contributed by atoms with Gasteiger partial charge in [0.15, 0.2) is 11.6 Å². The molecule has 0 saturated heterocycles. The second-order valence-electron chi connectivity index (χ2n) is 4.82. The third-order valence-electron chi connectivity index (χ3n) is 3.34. The van der Waals surface area contributed by atoms with E-state index in [0.717, 1.165) is 0 Å². The number of ketones is 2. The highest BCUT2D eigenvalue weighted by molar-refractivity contribution is 6.04. The Morgan fingerprint density at radius 2 is 1.38 bits per heavy atom. The van der Waals surface area contributed by atoms with E-state index in [1.54, 1.807) is 48.5 Å². The van der Waals surface area contributed by atoms with Crippen LogP contribution in [0, 0.1) is 5.92 Å². The fourth-order valence-corrected chi connectivity index (χ4v) is 2.20. The van der Waals surface area contributed by atoms with Crippen molar-refractivity contribution >= 4 is 17.9 Å². The molecule has 0 fully saturated rings. The van der Waals surface area contributed by atoms with E-state index < -0.39 is 5.92 Å². The van der Waals surface area contributed by atoms with Crippen LogP contribution in [-0.2, 0) is 4.79 Å². The Bertz CT molecular complexity index is 617. The molecule has 0 heterocycles. The molecule has 1 atom stereocenters. The van der Waals surface area contributed by atoms with Crippen LogP contribution in [0.4, 0.5) is 0 Å². The van der Waals surface area contributed by atoms with Crippen molar-refractivity contribution < 1.29 is 14.4 Å². The predicted molar refractivity (Wildman–Crippen MR) is 80.3 cm³/mol. The minimum absolute atomic E-state index is 0.0521. The van der Waals surface area contributed by atoms with E-state index >= 15 is 0 Å². The van der Waals surface area contributed by atoms with Crippen LogP contribution in [0.15, 0.2) is 60.7 Å². The maximum atomic E-state index is 12.4. The average Bonchev–Trinajstić information content (AvgIpc) is 2.55. The van der Waals surface area contributed by atoms with Crippen molar-refractivity contribution in [3.63, 3.8) is 0 Å². The Hall–Kier alpha value is -2.55. The van der Waals surface area contributed by atoms with Crippen LogP contribution in [-0.4, -0.2) is 17.9 Å². The van der Waals surface area contributed by atoms with E-state index in [4.69, 9.17) is 0 Å². The van der Waals surface area contributed by atoms with Gasteiger partial charge in [0.05, 0.1) is 0 Å². The molecule has 0 aromatic heterocycles. The molecule has 2 aromatic carbocycles. The molecule has 0 aliphatic carbocycles. The smallest absolute Gasteiger partial charge is 0.166 e. The third kappa shape index (κ3) is 3.96. The van der Waals surface area contributed by atoms with Crippen LogP contribution in [0.3, 0.4) is 0 Å². The number of Topliss-reactive ketones (excluding diaryl/α,β-unsaturated/α-hetero) is 2. The molecule has 0 amide bonds. The molecule has 0 saturated carbocycles. The Balaban J connectivity index is 2.14. The van der Waals surface area contributed by atoms with Gasteiger partial charge in [-0.3, -0.25) is 9.59 Å². The lowest BCUT2D eigenvalue weighted by molar-refractivity contribution is -0.108. The van der Waals surface area contributed by atoms with Crippen LogP contribution < -0.4 is 0 Å². The number of hydrogen-bond acceptors (Lipinski definition) is 3. The zero-order chi connectivity index (χ0) is 15.1. The molecular weight excluding hydrogens is 264 g/mol. The summed E-state index contributed by atoms with van der Waals surface area (Å²) in [5, 5.41) is 0. The van der Waals surface area contributed by atoms with Gasteiger partial charge in [-0.25, -0.2) is 0 Å². The molecule has 0 aliphatic heterocycles. The summed E-state index contributed by atoms with van der Waals surface area (Å²) in [5.41, 5.74) is 1.10. The standard InChI is InChI=1S/C18H16O3/c19-12-11-16(18(21)15-9-5-2-6-10-15)13-17(20)14-7-3-1-4-8-14/h1-10,12,16H,11,13H2. The number of carbonyl (C=O) groups is 3. The average molecular weight is 280 g/mol. The highest BCUT2D eigenvalue weighted by atomic mass is 16.1.